The van der Waals surface area contributed by atoms with Gasteiger partial charge in [-0.15, -0.1) is 12.6 Å². The van der Waals surface area contributed by atoms with Gasteiger partial charge in [0.2, 0.25) is 0 Å². The molecule has 1 aromatic heterocycles. The van der Waals surface area contributed by atoms with Gasteiger partial charge in [0.15, 0.2) is 5.16 Å². The van der Waals surface area contributed by atoms with Gasteiger partial charge in [0.1, 0.15) is 0 Å². The Kier molecular flexibility index (Phi) is 2.76. The highest BCUT2D eigenvalue weighted by molar-refractivity contribution is 7.80. The summed E-state index contributed by atoms with van der Waals surface area (Å²) in [5.74, 6) is 0. The molecule has 2 rings (SSSR count). The van der Waals surface area contributed by atoms with E-state index in [1.54, 1.807) is 6.20 Å². The number of nitrogens with zero attached hydrogens (tertiary/aromatic N) is 2. The molecule has 0 saturated carbocycles. The summed E-state index contributed by atoms with van der Waals surface area (Å²) in [5.41, 5.74) is 3.08. The fraction of sp³-hybridized carbons (Fsp3) is 0.182. The van der Waals surface area contributed by atoms with Crippen LogP contribution in [0.4, 0.5) is 0 Å². The van der Waals surface area contributed by atoms with Gasteiger partial charge in [0.25, 0.3) is 0 Å². The van der Waals surface area contributed by atoms with Crippen LogP contribution in [0.3, 0.4) is 0 Å². The van der Waals surface area contributed by atoms with Gasteiger partial charge >= 0.3 is 0 Å². The lowest BCUT2D eigenvalue weighted by Crippen LogP contribution is -1.98. The number of rotatable bonds is 1. The van der Waals surface area contributed by atoms with Crippen molar-refractivity contribution < 1.29 is 0 Å². The first-order valence-electron chi connectivity index (χ1n) is 4.59. The van der Waals surface area contributed by atoms with Gasteiger partial charge in [0.05, 0.1) is 10.7 Å². The molecule has 2 nitrogen and oxygen atoms in total. The summed E-state index contributed by atoms with van der Waals surface area (Å²) in [6.07, 6.45) is 1.78. The van der Waals surface area contributed by atoms with Crippen LogP contribution in [0.25, 0.3) is 5.69 Å². The van der Waals surface area contributed by atoms with Crippen molar-refractivity contribution in [3.63, 3.8) is 0 Å². The van der Waals surface area contributed by atoms with Gasteiger partial charge in [-0.1, -0.05) is 17.7 Å². The summed E-state index contributed by atoms with van der Waals surface area (Å²) in [6, 6.07) is 5.93. The maximum atomic E-state index is 6.18. The third-order valence-electron chi connectivity index (χ3n) is 2.26. The maximum Gasteiger partial charge on any atom is 0.169 e. The van der Waals surface area contributed by atoms with Crippen LogP contribution in [0, 0.1) is 13.8 Å². The van der Waals surface area contributed by atoms with Crippen molar-refractivity contribution in [2.45, 2.75) is 19.0 Å². The zero-order valence-corrected chi connectivity index (χ0v) is 10.2. The fourth-order valence-electron chi connectivity index (χ4n) is 1.52. The van der Waals surface area contributed by atoms with E-state index in [1.165, 1.54) is 0 Å². The number of thiol groups is 1. The SMILES string of the molecule is Cc1ccc(-n2c(C)cnc2S)c(Cl)c1. The fourth-order valence-corrected chi connectivity index (χ4v) is 2.16. The minimum absolute atomic E-state index is 0.651. The number of benzene rings is 1. The van der Waals surface area contributed by atoms with Gasteiger partial charge < -0.3 is 0 Å². The summed E-state index contributed by atoms with van der Waals surface area (Å²) in [5, 5.41) is 1.37. The molecule has 78 valence electrons. The quantitative estimate of drug-likeness (QED) is 0.754. The Bertz CT molecular complexity index is 486. The predicted octanol–water partition coefficient (Wildman–Crippen LogP) is 3.43. The number of hydrogen-bond acceptors (Lipinski definition) is 2. The molecule has 15 heavy (non-hydrogen) atoms. The molecule has 0 atom stereocenters. The topological polar surface area (TPSA) is 17.8 Å². The van der Waals surface area contributed by atoms with Crippen LogP contribution >= 0.6 is 24.2 Å². The first-order chi connectivity index (χ1) is 7.09. The van der Waals surface area contributed by atoms with Crippen molar-refractivity contribution in [1.29, 1.82) is 0 Å². The van der Waals surface area contributed by atoms with Crippen LogP contribution in [0.15, 0.2) is 29.6 Å². The Hall–Kier alpha value is -0.930. The van der Waals surface area contributed by atoms with E-state index in [0.717, 1.165) is 16.9 Å². The molecule has 1 heterocycles. The summed E-state index contributed by atoms with van der Waals surface area (Å²) < 4.78 is 1.92. The molecule has 0 aliphatic heterocycles. The second-order valence-electron chi connectivity index (χ2n) is 3.49. The largest absolute Gasteiger partial charge is 0.291 e. The van der Waals surface area contributed by atoms with Crippen molar-refractivity contribution >= 4 is 24.2 Å². The van der Waals surface area contributed by atoms with Gasteiger partial charge in [-0.2, -0.15) is 0 Å². The molecular weight excluding hydrogens is 228 g/mol. The summed E-state index contributed by atoms with van der Waals surface area (Å²) in [4.78, 5) is 4.12. The monoisotopic (exact) mass is 238 g/mol. The minimum Gasteiger partial charge on any atom is -0.291 e. The molecule has 2 aromatic rings. The van der Waals surface area contributed by atoms with E-state index in [9.17, 15) is 0 Å². The smallest absolute Gasteiger partial charge is 0.169 e. The van der Waals surface area contributed by atoms with Gasteiger partial charge in [-0.25, -0.2) is 4.98 Å². The molecule has 4 heteroatoms. The van der Waals surface area contributed by atoms with E-state index in [4.69, 9.17) is 11.6 Å². The average Bonchev–Trinajstić information content (AvgIpc) is 2.48. The zero-order chi connectivity index (χ0) is 11.0. The standard InChI is InChI=1S/C11H11ClN2S/c1-7-3-4-10(9(12)5-7)14-8(2)6-13-11(14)15/h3-6H,1-2H3,(H,13,15). The number of halogens is 1. The van der Waals surface area contributed by atoms with E-state index < -0.39 is 0 Å². The lowest BCUT2D eigenvalue weighted by Gasteiger charge is -2.09. The van der Waals surface area contributed by atoms with E-state index >= 15 is 0 Å². The second-order valence-corrected chi connectivity index (χ2v) is 4.30. The lowest BCUT2D eigenvalue weighted by atomic mass is 10.2. The minimum atomic E-state index is 0.651. The van der Waals surface area contributed by atoms with Crippen LogP contribution < -0.4 is 0 Å². The normalized spacial score (nSPS) is 10.7. The van der Waals surface area contributed by atoms with Crippen molar-refractivity contribution in [3.8, 4) is 5.69 Å². The summed E-state index contributed by atoms with van der Waals surface area (Å²) >= 11 is 10.5. The summed E-state index contributed by atoms with van der Waals surface area (Å²) in [7, 11) is 0. The van der Waals surface area contributed by atoms with Crippen LogP contribution in [0.5, 0.6) is 0 Å². The highest BCUT2D eigenvalue weighted by Gasteiger charge is 2.09. The van der Waals surface area contributed by atoms with E-state index in [1.807, 2.05) is 36.6 Å². The summed E-state index contributed by atoms with van der Waals surface area (Å²) in [6.45, 7) is 3.99. The van der Waals surface area contributed by atoms with Crippen LogP contribution in [-0.4, -0.2) is 9.55 Å². The first-order valence-corrected chi connectivity index (χ1v) is 5.42. The molecule has 0 radical (unpaired) electrons. The van der Waals surface area contributed by atoms with Crippen LogP contribution in [0.2, 0.25) is 5.02 Å². The molecule has 0 unspecified atom stereocenters. The molecule has 0 amide bonds. The van der Waals surface area contributed by atoms with Gasteiger partial charge in [-0.05, 0) is 31.5 Å². The molecule has 0 saturated heterocycles. The predicted molar refractivity (Wildman–Crippen MR) is 65.3 cm³/mol. The molecule has 0 spiro atoms. The van der Waals surface area contributed by atoms with Crippen molar-refractivity contribution in [2.75, 3.05) is 0 Å². The number of aryl methyl sites for hydroxylation is 2. The second kappa shape index (κ2) is 3.91. The maximum absolute atomic E-state index is 6.18. The Morgan fingerprint density at radius 2 is 2.07 bits per heavy atom. The highest BCUT2D eigenvalue weighted by Crippen LogP contribution is 2.25. The lowest BCUT2D eigenvalue weighted by molar-refractivity contribution is 0.874. The first kappa shape index (κ1) is 10.6. The molecule has 0 N–H and O–H groups in total. The van der Waals surface area contributed by atoms with Crippen molar-refractivity contribution in [2.24, 2.45) is 0 Å². The molecule has 0 fully saturated rings. The Balaban J connectivity index is 2.64. The zero-order valence-electron chi connectivity index (χ0n) is 8.53. The Labute approximate surface area is 99.3 Å². The van der Waals surface area contributed by atoms with E-state index in [-0.39, 0.29) is 0 Å². The molecule has 1 aromatic carbocycles. The van der Waals surface area contributed by atoms with Crippen LogP contribution in [-0.2, 0) is 0 Å². The number of imidazole rings is 1. The Morgan fingerprint density at radius 3 is 2.60 bits per heavy atom. The third kappa shape index (κ3) is 1.90. The Morgan fingerprint density at radius 1 is 1.33 bits per heavy atom. The van der Waals surface area contributed by atoms with Crippen LogP contribution in [0.1, 0.15) is 11.3 Å². The number of aromatic nitrogens is 2. The molecular formula is C11H11ClN2S. The molecule has 0 aliphatic carbocycles. The highest BCUT2D eigenvalue weighted by atomic mass is 35.5. The number of hydrogen-bond donors (Lipinski definition) is 1. The van der Waals surface area contributed by atoms with Crippen molar-refractivity contribution in [1.82, 2.24) is 9.55 Å². The van der Waals surface area contributed by atoms with Crippen molar-refractivity contribution in [3.05, 3.63) is 40.7 Å². The van der Waals surface area contributed by atoms with Gasteiger partial charge in [-0.3, -0.25) is 4.57 Å². The van der Waals surface area contributed by atoms with Gasteiger partial charge in [0, 0.05) is 11.9 Å². The average molecular weight is 239 g/mol. The molecule has 0 bridgehead atoms. The third-order valence-corrected chi connectivity index (χ3v) is 2.88. The molecule has 0 aliphatic rings. The van der Waals surface area contributed by atoms with E-state index in [0.29, 0.717) is 10.2 Å². The van der Waals surface area contributed by atoms with E-state index in [2.05, 4.69) is 17.6 Å².